The molecule has 1 amide bonds. The van der Waals surface area contributed by atoms with Crippen LogP contribution < -0.4 is 10.1 Å². The van der Waals surface area contributed by atoms with Gasteiger partial charge in [-0.25, -0.2) is 4.68 Å². The Balaban J connectivity index is 1.57. The van der Waals surface area contributed by atoms with Gasteiger partial charge in [0.15, 0.2) is 0 Å². The summed E-state index contributed by atoms with van der Waals surface area (Å²) in [6.45, 7) is 3.80. The molecule has 1 N–H and O–H groups in total. The zero-order valence-corrected chi connectivity index (χ0v) is 15.6. The average Bonchev–Trinajstić information content (AvgIpc) is 3.17. The van der Waals surface area contributed by atoms with Crippen LogP contribution in [-0.2, 0) is 11.3 Å². The third-order valence-corrected chi connectivity index (χ3v) is 4.25. The summed E-state index contributed by atoms with van der Waals surface area (Å²) in [4.78, 5) is 14.4. The van der Waals surface area contributed by atoms with Gasteiger partial charge in [-0.1, -0.05) is 25.1 Å². The van der Waals surface area contributed by atoms with Crippen LogP contribution in [-0.4, -0.2) is 40.8 Å². The minimum Gasteiger partial charge on any atom is -0.497 e. The third-order valence-electron chi connectivity index (χ3n) is 4.25. The lowest BCUT2D eigenvalue weighted by molar-refractivity contribution is -0.117. The average molecular weight is 364 g/mol. The highest BCUT2D eigenvalue weighted by Gasteiger charge is 2.11. The predicted octanol–water partition coefficient (Wildman–Crippen LogP) is 3.34. The van der Waals surface area contributed by atoms with Crippen LogP contribution in [0.3, 0.4) is 0 Å². The van der Waals surface area contributed by atoms with Gasteiger partial charge in [0.05, 0.1) is 25.5 Å². The summed E-state index contributed by atoms with van der Waals surface area (Å²) < 4.78 is 6.98. The highest BCUT2D eigenvalue weighted by molar-refractivity contribution is 5.92. The molecule has 0 bridgehead atoms. The van der Waals surface area contributed by atoms with E-state index in [-0.39, 0.29) is 5.91 Å². The summed E-state index contributed by atoms with van der Waals surface area (Å²) in [5.74, 6) is 0.719. The Morgan fingerprint density at radius 2 is 1.89 bits per heavy atom. The molecule has 0 spiro atoms. The smallest absolute Gasteiger partial charge is 0.238 e. The van der Waals surface area contributed by atoms with Gasteiger partial charge in [0, 0.05) is 24.0 Å². The van der Waals surface area contributed by atoms with Crippen LogP contribution in [0.15, 0.2) is 67.0 Å². The number of ether oxygens (including phenoxy) is 1. The minimum atomic E-state index is -0.0440. The molecular weight excluding hydrogens is 340 g/mol. The Morgan fingerprint density at radius 3 is 2.56 bits per heavy atom. The van der Waals surface area contributed by atoms with E-state index in [4.69, 9.17) is 4.74 Å². The summed E-state index contributed by atoms with van der Waals surface area (Å²) >= 11 is 0. The van der Waals surface area contributed by atoms with Crippen LogP contribution in [0.2, 0.25) is 0 Å². The number of nitrogens with zero attached hydrogens (tertiary/aromatic N) is 3. The van der Waals surface area contributed by atoms with E-state index in [1.165, 1.54) is 0 Å². The second-order valence-corrected chi connectivity index (χ2v) is 6.21. The van der Waals surface area contributed by atoms with E-state index in [1.807, 2.05) is 78.6 Å². The van der Waals surface area contributed by atoms with Gasteiger partial charge in [0.2, 0.25) is 5.91 Å². The lowest BCUT2D eigenvalue weighted by Gasteiger charge is -2.19. The van der Waals surface area contributed by atoms with Gasteiger partial charge in [-0.15, -0.1) is 0 Å². The molecule has 27 heavy (non-hydrogen) atoms. The number of methoxy groups -OCH3 is 1. The molecule has 0 aliphatic carbocycles. The Labute approximate surface area is 159 Å². The number of nitrogens with one attached hydrogen (secondary N) is 1. The van der Waals surface area contributed by atoms with Gasteiger partial charge in [0.25, 0.3) is 0 Å². The molecule has 0 saturated carbocycles. The Hall–Kier alpha value is -3.12. The number of para-hydroxylation sites is 1. The molecule has 6 nitrogen and oxygen atoms in total. The highest BCUT2D eigenvalue weighted by atomic mass is 16.5. The van der Waals surface area contributed by atoms with Crippen molar-refractivity contribution in [2.45, 2.75) is 13.5 Å². The summed E-state index contributed by atoms with van der Waals surface area (Å²) in [7, 11) is 1.62. The molecule has 0 aliphatic heterocycles. The van der Waals surface area contributed by atoms with Crippen molar-refractivity contribution in [3.05, 3.63) is 72.6 Å². The van der Waals surface area contributed by atoms with Crippen molar-refractivity contribution in [1.29, 1.82) is 0 Å². The molecule has 0 fully saturated rings. The molecular formula is C21H24N4O2. The number of aromatic nitrogens is 2. The van der Waals surface area contributed by atoms with Crippen molar-refractivity contribution >= 4 is 11.6 Å². The van der Waals surface area contributed by atoms with E-state index in [9.17, 15) is 4.79 Å². The fourth-order valence-electron chi connectivity index (χ4n) is 2.78. The van der Waals surface area contributed by atoms with Gasteiger partial charge >= 0.3 is 0 Å². The fraction of sp³-hybridized carbons (Fsp3) is 0.238. The molecule has 6 heteroatoms. The molecule has 0 atom stereocenters. The molecule has 1 heterocycles. The van der Waals surface area contributed by atoms with E-state index in [0.29, 0.717) is 13.1 Å². The first kappa shape index (κ1) is 18.7. The Kier molecular flexibility index (Phi) is 6.22. The number of carbonyl (C=O) groups is 1. The molecule has 0 radical (unpaired) electrons. The predicted molar refractivity (Wildman–Crippen MR) is 106 cm³/mol. The normalized spacial score (nSPS) is 10.8. The van der Waals surface area contributed by atoms with E-state index < -0.39 is 0 Å². The van der Waals surface area contributed by atoms with Gasteiger partial charge in [-0.05, 0) is 42.9 Å². The van der Waals surface area contributed by atoms with E-state index in [1.54, 1.807) is 7.11 Å². The largest absolute Gasteiger partial charge is 0.497 e. The molecule has 1 aromatic heterocycles. The lowest BCUT2D eigenvalue weighted by atomic mass is 10.3. The highest BCUT2D eigenvalue weighted by Crippen LogP contribution is 2.15. The summed E-state index contributed by atoms with van der Waals surface area (Å²) in [6, 6.07) is 17.3. The number of rotatable bonds is 8. The number of hydrogen-bond donors (Lipinski definition) is 1. The van der Waals surface area contributed by atoms with Crippen molar-refractivity contribution < 1.29 is 9.53 Å². The van der Waals surface area contributed by atoms with Crippen molar-refractivity contribution in [2.24, 2.45) is 0 Å². The molecule has 0 saturated heterocycles. The van der Waals surface area contributed by atoms with Crippen molar-refractivity contribution in [1.82, 2.24) is 14.7 Å². The molecule has 140 valence electrons. The molecule has 3 aromatic rings. The first-order valence-corrected chi connectivity index (χ1v) is 8.93. The second-order valence-electron chi connectivity index (χ2n) is 6.21. The zero-order valence-electron chi connectivity index (χ0n) is 15.6. The first-order chi connectivity index (χ1) is 13.2. The second kappa shape index (κ2) is 9.00. The van der Waals surface area contributed by atoms with Crippen molar-refractivity contribution in [3.8, 4) is 11.4 Å². The van der Waals surface area contributed by atoms with Gasteiger partial charge in [-0.3, -0.25) is 9.69 Å². The third kappa shape index (κ3) is 5.18. The number of carbonyl (C=O) groups excluding carboxylic acids is 1. The van der Waals surface area contributed by atoms with Crippen LogP contribution in [0.5, 0.6) is 5.75 Å². The number of hydrogen-bond acceptors (Lipinski definition) is 4. The van der Waals surface area contributed by atoms with Crippen LogP contribution in [0, 0.1) is 0 Å². The van der Waals surface area contributed by atoms with Crippen molar-refractivity contribution in [3.63, 3.8) is 0 Å². The number of benzene rings is 2. The molecule has 0 aliphatic rings. The molecule has 0 unspecified atom stereocenters. The maximum atomic E-state index is 12.3. The molecule has 2 aromatic carbocycles. The number of likely N-dealkylation sites (N-methyl/N-ethyl adjacent to an activating group) is 1. The molecule has 3 rings (SSSR count). The Morgan fingerprint density at radius 1 is 1.15 bits per heavy atom. The maximum Gasteiger partial charge on any atom is 0.238 e. The van der Waals surface area contributed by atoms with Gasteiger partial charge in [0.1, 0.15) is 5.75 Å². The van der Waals surface area contributed by atoms with Gasteiger partial charge in [-0.2, -0.15) is 5.10 Å². The summed E-state index contributed by atoms with van der Waals surface area (Å²) in [6.07, 6.45) is 3.84. The lowest BCUT2D eigenvalue weighted by Crippen LogP contribution is -2.32. The van der Waals surface area contributed by atoms with Crippen LogP contribution in [0.1, 0.15) is 12.5 Å². The monoisotopic (exact) mass is 364 g/mol. The quantitative estimate of drug-likeness (QED) is 0.666. The minimum absolute atomic E-state index is 0.0440. The number of anilines is 1. The standard InChI is InChI=1S/C21H24N4O2/c1-3-24(16-21(26)23-18-9-11-20(27-2)12-10-18)14-17-13-22-25(15-17)19-7-5-4-6-8-19/h4-13,15H,3,14,16H2,1-2H3,(H,23,26). The summed E-state index contributed by atoms with van der Waals surface area (Å²) in [5, 5.41) is 7.33. The topological polar surface area (TPSA) is 59.4 Å². The van der Waals surface area contributed by atoms with Crippen LogP contribution in [0.4, 0.5) is 5.69 Å². The fourth-order valence-corrected chi connectivity index (χ4v) is 2.78. The van der Waals surface area contributed by atoms with E-state index in [0.717, 1.165) is 29.2 Å². The van der Waals surface area contributed by atoms with Crippen molar-refractivity contribution in [2.75, 3.05) is 25.5 Å². The Bertz CT molecular complexity index is 859. The SMILES string of the molecule is CCN(CC(=O)Nc1ccc(OC)cc1)Cc1cnn(-c2ccccc2)c1. The van der Waals surface area contributed by atoms with E-state index >= 15 is 0 Å². The van der Waals surface area contributed by atoms with E-state index in [2.05, 4.69) is 15.3 Å². The maximum absolute atomic E-state index is 12.3. The van der Waals surface area contributed by atoms with Crippen LogP contribution in [0.25, 0.3) is 5.69 Å². The summed E-state index contributed by atoms with van der Waals surface area (Å²) in [5.41, 5.74) is 2.84. The first-order valence-electron chi connectivity index (χ1n) is 8.93. The number of amides is 1. The van der Waals surface area contributed by atoms with Crippen LogP contribution >= 0.6 is 0 Å². The van der Waals surface area contributed by atoms with Gasteiger partial charge < -0.3 is 10.1 Å². The zero-order chi connectivity index (χ0) is 19.1.